The Kier molecular flexibility index (Phi) is 2.00. The van der Waals surface area contributed by atoms with Crippen LogP contribution in [0.3, 0.4) is 0 Å². The predicted octanol–water partition coefficient (Wildman–Crippen LogP) is 1.49. The predicted molar refractivity (Wildman–Crippen MR) is 51.1 cm³/mol. The summed E-state index contributed by atoms with van der Waals surface area (Å²) < 4.78 is 0. The maximum Gasteiger partial charge on any atom is 0.166 e. The van der Waals surface area contributed by atoms with Crippen LogP contribution in [0.5, 0.6) is 0 Å². The molecule has 3 nitrogen and oxygen atoms in total. The highest BCUT2D eigenvalue weighted by Crippen LogP contribution is 2.21. The van der Waals surface area contributed by atoms with Crippen molar-refractivity contribution < 1.29 is 4.79 Å². The van der Waals surface area contributed by atoms with Gasteiger partial charge >= 0.3 is 0 Å². The molecule has 0 aliphatic carbocycles. The highest BCUT2D eigenvalue weighted by atomic mass is 16.1. The lowest BCUT2D eigenvalue weighted by Crippen LogP contribution is -2.18. The second kappa shape index (κ2) is 3.17. The molecule has 0 bridgehead atoms. The molecule has 0 saturated heterocycles. The monoisotopic (exact) mass is 176 g/mol. The molecular weight excluding hydrogens is 164 g/mol. The van der Waals surface area contributed by atoms with Crippen LogP contribution in [0, 0.1) is 0 Å². The number of carbonyl (C=O) groups is 1. The molecule has 1 aliphatic rings. The summed E-state index contributed by atoms with van der Waals surface area (Å²) in [5.41, 5.74) is 0.766. The van der Waals surface area contributed by atoms with Gasteiger partial charge in [0.2, 0.25) is 0 Å². The molecule has 2 rings (SSSR count). The topological polar surface area (TPSA) is 33.2 Å². The first-order valence-electron chi connectivity index (χ1n) is 4.48. The standard InChI is InChI=1S/C10H12N2O/c1-12-7-3-5-9(13)8-4-2-6-11-10(8)12/h2,4,6H,3,5,7H2,1H3. The Morgan fingerprint density at radius 1 is 1.54 bits per heavy atom. The lowest BCUT2D eigenvalue weighted by Gasteiger charge is -2.16. The molecular formula is C10H12N2O. The molecule has 0 aromatic carbocycles. The summed E-state index contributed by atoms with van der Waals surface area (Å²) in [5.74, 6) is 1.04. The Morgan fingerprint density at radius 2 is 2.38 bits per heavy atom. The molecule has 0 N–H and O–H groups in total. The van der Waals surface area contributed by atoms with Crippen molar-refractivity contribution in [3.63, 3.8) is 0 Å². The van der Waals surface area contributed by atoms with Crippen LogP contribution >= 0.6 is 0 Å². The zero-order valence-corrected chi connectivity index (χ0v) is 7.66. The maximum absolute atomic E-state index is 11.6. The van der Waals surface area contributed by atoms with E-state index in [1.54, 1.807) is 6.20 Å². The van der Waals surface area contributed by atoms with Gasteiger partial charge in [-0.2, -0.15) is 0 Å². The average Bonchev–Trinajstić information content (AvgIpc) is 2.29. The summed E-state index contributed by atoms with van der Waals surface area (Å²) in [6, 6.07) is 3.67. The normalized spacial score (nSPS) is 16.7. The average molecular weight is 176 g/mol. The first-order chi connectivity index (χ1) is 6.29. The highest BCUT2D eigenvalue weighted by Gasteiger charge is 2.18. The third-order valence-corrected chi connectivity index (χ3v) is 2.35. The number of hydrogen-bond donors (Lipinski definition) is 0. The smallest absolute Gasteiger partial charge is 0.166 e. The number of ketones is 1. The van der Waals surface area contributed by atoms with Crippen LogP contribution in [0.15, 0.2) is 18.3 Å². The number of Topliss-reactive ketones (excluding diaryl/α,β-unsaturated/α-hetero) is 1. The number of pyridine rings is 1. The second-order valence-electron chi connectivity index (χ2n) is 3.32. The van der Waals surface area contributed by atoms with Gasteiger partial charge in [-0.25, -0.2) is 4.98 Å². The van der Waals surface area contributed by atoms with Crippen LogP contribution in [-0.2, 0) is 0 Å². The van der Waals surface area contributed by atoms with Crippen LogP contribution in [0.2, 0.25) is 0 Å². The molecule has 0 amide bonds. The summed E-state index contributed by atoms with van der Waals surface area (Å²) >= 11 is 0. The van der Waals surface area contributed by atoms with Crippen molar-refractivity contribution in [1.82, 2.24) is 4.98 Å². The van der Waals surface area contributed by atoms with Gasteiger partial charge < -0.3 is 4.90 Å². The molecule has 0 atom stereocenters. The Morgan fingerprint density at radius 3 is 3.23 bits per heavy atom. The molecule has 2 heterocycles. The van der Waals surface area contributed by atoms with Crippen LogP contribution in [0.4, 0.5) is 5.82 Å². The van der Waals surface area contributed by atoms with Crippen molar-refractivity contribution in [2.24, 2.45) is 0 Å². The Labute approximate surface area is 77.4 Å². The minimum Gasteiger partial charge on any atom is -0.359 e. The van der Waals surface area contributed by atoms with E-state index in [9.17, 15) is 4.79 Å². The molecule has 1 aromatic heterocycles. The van der Waals surface area contributed by atoms with Crippen molar-refractivity contribution in [3.05, 3.63) is 23.9 Å². The molecule has 0 spiro atoms. The van der Waals surface area contributed by atoms with E-state index < -0.39 is 0 Å². The van der Waals surface area contributed by atoms with Gasteiger partial charge in [0.15, 0.2) is 5.78 Å². The molecule has 0 saturated carbocycles. The van der Waals surface area contributed by atoms with Crippen molar-refractivity contribution in [2.45, 2.75) is 12.8 Å². The fraction of sp³-hybridized carbons (Fsp3) is 0.400. The highest BCUT2D eigenvalue weighted by molar-refractivity contribution is 6.00. The third-order valence-electron chi connectivity index (χ3n) is 2.35. The summed E-state index contributed by atoms with van der Waals surface area (Å²) in [5, 5.41) is 0. The van der Waals surface area contributed by atoms with Gasteiger partial charge in [-0.1, -0.05) is 0 Å². The van der Waals surface area contributed by atoms with Crippen LogP contribution < -0.4 is 4.90 Å². The van der Waals surface area contributed by atoms with Gasteiger partial charge in [-0.3, -0.25) is 4.79 Å². The Hall–Kier alpha value is -1.38. The number of hydrogen-bond acceptors (Lipinski definition) is 3. The van der Waals surface area contributed by atoms with Crippen LogP contribution in [0.1, 0.15) is 23.2 Å². The second-order valence-corrected chi connectivity index (χ2v) is 3.32. The zero-order chi connectivity index (χ0) is 9.26. The van der Waals surface area contributed by atoms with Crippen LogP contribution in [-0.4, -0.2) is 24.4 Å². The lowest BCUT2D eigenvalue weighted by molar-refractivity contribution is 0.0983. The molecule has 68 valence electrons. The Bertz CT molecular complexity index is 335. The van der Waals surface area contributed by atoms with Crippen molar-refractivity contribution >= 4 is 11.6 Å². The summed E-state index contributed by atoms with van der Waals surface area (Å²) in [6.07, 6.45) is 3.29. The molecule has 1 aliphatic heterocycles. The molecule has 1 aromatic rings. The van der Waals surface area contributed by atoms with E-state index in [1.807, 2.05) is 24.1 Å². The summed E-state index contributed by atoms with van der Waals surface area (Å²) in [4.78, 5) is 17.8. The van der Waals surface area contributed by atoms with Gasteiger partial charge in [-0.15, -0.1) is 0 Å². The fourth-order valence-electron chi connectivity index (χ4n) is 1.64. The zero-order valence-electron chi connectivity index (χ0n) is 7.66. The van der Waals surface area contributed by atoms with Gasteiger partial charge in [0, 0.05) is 26.2 Å². The van der Waals surface area contributed by atoms with Gasteiger partial charge in [0.25, 0.3) is 0 Å². The number of carbonyl (C=O) groups excluding carboxylic acids is 1. The van der Waals surface area contributed by atoms with E-state index in [4.69, 9.17) is 0 Å². The molecule has 0 radical (unpaired) electrons. The molecule has 13 heavy (non-hydrogen) atoms. The quantitative estimate of drug-likeness (QED) is 0.600. The largest absolute Gasteiger partial charge is 0.359 e. The van der Waals surface area contributed by atoms with E-state index in [1.165, 1.54) is 0 Å². The van der Waals surface area contributed by atoms with Crippen molar-refractivity contribution in [1.29, 1.82) is 0 Å². The van der Waals surface area contributed by atoms with E-state index in [-0.39, 0.29) is 5.78 Å². The van der Waals surface area contributed by atoms with Gasteiger partial charge in [0.05, 0.1) is 5.56 Å². The number of aromatic nitrogens is 1. The van der Waals surface area contributed by atoms with Gasteiger partial charge in [-0.05, 0) is 18.6 Å². The van der Waals surface area contributed by atoms with E-state index in [2.05, 4.69) is 4.98 Å². The minimum absolute atomic E-state index is 0.215. The molecule has 0 unspecified atom stereocenters. The summed E-state index contributed by atoms with van der Waals surface area (Å²) in [6.45, 7) is 0.912. The first kappa shape index (κ1) is 8.23. The molecule has 3 heteroatoms. The fourth-order valence-corrected chi connectivity index (χ4v) is 1.64. The number of anilines is 1. The minimum atomic E-state index is 0.215. The lowest BCUT2D eigenvalue weighted by atomic mass is 10.1. The maximum atomic E-state index is 11.6. The van der Waals surface area contributed by atoms with Gasteiger partial charge in [0.1, 0.15) is 5.82 Å². The van der Waals surface area contributed by atoms with Crippen LogP contribution in [0.25, 0.3) is 0 Å². The number of rotatable bonds is 0. The molecule has 0 fully saturated rings. The van der Waals surface area contributed by atoms with E-state index in [0.717, 1.165) is 24.3 Å². The van der Waals surface area contributed by atoms with E-state index in [0.29, 0.717) is 6.42 Å². The number of nitrogens with zero attached hydrogens (tertiary/aromatic N) is 2. The summed E-state index contributed by atoms with van der Waals surface area (Å²) in [7, 11) is 1.98. The van der Waals surface area contributed by atoms with E-state index >= 15 is 0 Å². The van der Waals surface area contributed by atoms with Crippen molar-refractivity contribution in [2.75, 3.05) is 18.5 Å². The first-order valence-corrected chi connectivity index (χ1v) is 4.48. The number of fused-ring (bicyclic) bond motifs is 1. The SMILES string of the molecule is CN1CCCC(=O)c2cccnc21. The van der Waals surface area contributed by atoms with Crippen molar-refractivity contribution in [3.8, 4) is 0 Å². The Balaban J connectivity index is 2.51. The third kappa shape index (κ3) is 1.41.